The number of nitrogens with one attached hydrogen (secondary N) is 1. The molecule has 0 bridgehead atoms. The van der Waals surface area contributed by atoms with E-state index in [0.29, 0.717) is 11.4 Å². The zero-order chi connectivity index (χ0) is 12.0. The highest BCUT2D eigenvalue weighted by Crippen LogP contribution is 2.24. The van der Waals surface area contributed by atoms with E-state index < -0.39 is 0 Å². The van der Waals surface area contributed by atoms with Gasteiger partial charge in [-0.05, 0) is 25.0 Å². The van der Waals surface area contributed by atoms with Crippen molar-refractivity contribution in [3.8, 4) is 0 Å². The van der Waals surface area contributed by atoms with Crippen LogP contribution < -0.4 is 11.1 Å². The van der Waals surface area contributed by atoms with Gasteiger partial charge >= 0.3 is 0 Å². The summed E-state index contributed by atoms with van der Waals surface area (Å²) in [6.07, 6.45) is 1.35. The fraction of sp³-hybridized carbons (Fsp3) is 0.364. The summed E-state index contributed by atoms with van der Waals surface area (Å²) in [5.74, 6) is 0.248. The van der Waals surface area contributed by atoms with Gasteiger partial charge in [-0.25, -0.2) is 0 Å². The standard InChI is InChI=1S/C11H16ClN3O/c1-8-4-2-5-9(12)11(8)14-7-3-6-10(13)15-16/h2,4-5,14,16H,3,6-7H2,1H3,(H2,13,15). The highest BCUT2D eigenvalue weighted by Gasteiger charge is 2.02. The maximum atomic E-state index is 8.36. The molecule has 5 heteroatoms. The highest BCUT2D eigenvalue weighted by molar-refractivity contribution is 6.33. The second-order valence-electron chi connectivity index (χ2n) is 3.55. The average Bonchev–Trinajstić information content (AvgIpc) is 2.27. The van der Waals surface area contributed by atoms with Crippen molar-refractivity contribution in [2.45, 2.75) is 19.8 Å². The minimum atomic E-state index is 0.248. The van der Waals surface area contributed by atoms with Crippen LogP contribution in [0.25, 0.3) is 0 Å². The Morgan fingerprint density at radius 2 is 2.31 bits per heavy atom. The number of hydrogen-bond acceptors (Lipinski definition) is 3. The molecule has 0 radical (unpaired) electrons. The van der Waals surface area contributed by atoms with Crippen LogP contribution in [0.1, 0.15) is 18.4 Å². The largest absolute Gasteiger partial charge is 0.409 e. The van der Waals surface area contributed by atoms with Crippen molar-refractivity contribution in [2.75, 3.05) is 11.9 Å². The van der Waals surface area contributed by atoms with Crippen molar-refractivity contribution in [1.29, 1.82) is 0 Å². The summed E-state index contributed by atoms with van der Waals surface area (Å²) in [6.45, 7) is 2.73. The van der Waals surface area contributed by atoms with E-state index in [9.17, 15) is 0 Å². The number of benzene rings is 1. The van der Waals surface area contributed by atoms with Crippen molar-refractivity contribution in [1.82, 2.24) is 0 Å². The first-order valence-corrected chi connectivity index (χ1v) is 5.48. The lowest BCUT2D eigenvalue weighted by Crippen LogP contribution is -2.13. The molecule has 1 aromatic rings. The molecule has 0 fully saturated rings. The first-order chi connectivity index (χ1) is 7.65. The third kappa shape index (κ3) is 3.62. The molecule has 0 amide bonds. The number of aryl methyl sites for hydroxylation is 1. The number of halogens is 1. The molecular formula is C11H16ClN3O. The van der Waals surface area contributed by atoms with Crippen LogP contribution in [0.5, 0.6) is 0 Å². The van der Waals surface area contributed by atoms with Gasteiger partial charge in [0, 0.05) is 13.0 Å². The van der Waals surface area contributed by atoms with Crippen LogP contribution in [-0.4, -0.2) is 17.6 Å². The fourth-order valence-electron chi connectivity index (χ4n) is 1.39. The van der Waals surface area contributed by atoms with Gasteiger partial charge in [-0.3, -0.25) is 0 Å². The van der Waals surface area contributed by atoms with Crippen molar-refractivity contribution in [2.24, 2.45) is 10.9 Å². The van der Waals surface area contributed by atoms with Gasteiger partial charge in [-0.1, -0.05) is 28.9 Å². The Labute approximate surface area is 100 Å². The maximum absolute atomic E-state index is 8.36. The molecule has 0 aromatic heterocycles. The van der Waals surface area contributed by atoms with E-state index in [1.54, 1.807) is 0 Å². The second-order valence-corrected chi connectivity index (χ2v) is 3.96. The Balaban J connectivity index is 2.43. The van der Waals surface area contributed by atoms with Crippen LogP contribution in [-0.2, 0) is 0 Å². The maximum Gasteiger partial charge on any atom is 0.139 e. The fourth-order valence-corrected chi connectivity index (χ4v) is 1.68. The summed E-state index contributed by atoms with van der Waals surface area (Å²) in [5, 5.41) is 15.2. The summed E-state index contributed by atoms with van der Waals surface area (Å²) < 4.78 is 0. The molecule has 0 aliphatic heterocycles. The van der Waals surface area contributed by atoms with Crippen LogP contribution in [0.2, 0.25) is 5.02 Å². The predicted octanol–water partition coefficient (Wildman–Crippen LogP) is 2.59. The number of amidine groups is 1. The third-order valence-corrected chi connectivity index (χ3v) is 2.58. The lowest BCUT2D eigenvalue weighted by atomic mass is 10.2. The molecule has 4 nitrogen and oxygen atoms in total. The molecule has 0 unspecified atom stereocenters. The zero-order valence-electron chi connectivity index (χ0n) is 9.20. The minimum Gasteiger partial charge on any atom is -0.409 e. The molecule has 0 atom stereocenters. The highest BCUT2D eigenvalue weighted by atomic mass is 35.5. The van der Waals surface area contributed by atoms with Gasteiger partial charge < -0.3 is 16.3 Å². The number of rotatable bonds is 5. The van der Waals surface area contributed by atoms with Gasteiger partial charge in [-0.15, -0.1) is 0 Å². The monoisotopic (exact) mass is 241 g/mol. The average molecular weight is 242 g/mol. The number of para-hydroxylation sites is 1. The van der Waals surface area contributed by atoms with Gasteiger partial charge in [0.2, 0.25) is 0 Å². The predicted molar refractivity (Wildman–Crippen MR) is 67.3 cm³/mol. The second kappa shape index (κ2) is 6.23. The van der Waals surface area contributed by atoms with E-state index in [2.05, 4.69) is 10.5 Å². The van der Waals surface area contributed by atoms with Crippen LogP contribution in [0.4, 0.5) is 5.69 Å². The summed E-state index contributed by atoms with van der Waals surface area (Å²) in [4.78, 5) is 0. The summed E-state index contributed by atoms with van der Waals surface area (Å²) in [5.41, 5.74) is 7.41. The van der Waals surface area contributed by atoms with Crippen molar-refractivity contribution in [3.63, 3.8) is 0 Å². The van der Waals surface area contributed by atoms with Gasteiger partial charge in [0.15, 0.2) is 0 Å². The third-order valence-electron chi connectivity index (χ3n) is 2.26. The topological polar surface area (TPSA) is 70.6 Å². The van der Waals surface area contributed by atoms with Gasteiger partial charge in [-0.2, -0.15) is 0 Å². The SMILES string of the molecule is Cc1cccc(Cl)c1NCCCC(N)=NO. The quantitative estimate of drug-likeness (QED) is 0.244. The molecule has 88 valence electrons. The Hall–Kier alpha value is -1.42. The van der Waals surface area contributed by atoms with Crippen molar-refractivity contribution in [3.05, 3.63) is 28.8 Å². The van der Waals surface area contributed by atoms with E-state index >= 15 is 0 Å². The summed E-state index contributed by atoms with van der Waals surface area (Å²) >= 11 is 6.05. The smallest absolute Gasteiger partial charge is 0.139 e. The van der Waals surface area contributed by atoms with Crippen molar-refractivity contribution < 1.29 is 5.21 Å². The molecule has 1 rings (SSSR count). The normalized spacial score (nSPS) is 11.5. The van der Waals surface area contributed by atoms with E-state index in [-0.39, 0.29) is 5.84 Å². The van der Waals surface area contributed by atoms with E-state index in [1.165, 1.54) is 0 Å². The first kappa shape index (κ1) is 12.6. The van der Waals surface area contributed by atoms with Crippen LogP contribution in [0.3, 0.4) is 0 Å². The van der Waals surface area contributed by atoms with Gasteiger partial charge in [0.05, 0.1) is 10.7 Å². The molecule has 0 saturated heterocycles. The summed E-state index contributed by atoms with van der Waals surface area (Å²) in [6, 6.07) is 5.76. The first-order valence-electron chi connectivity index (χ1n) is 5.10. The Kier molecular flexibility index (Phi) is 4.92. The molecule has 0 heterocycles. The van der Waals surface area contributed by atoms with Crippen LogP contribution >= 0.6 is 11.6 Å². The Bertz CT molecular complexity index is 359. The Morgan fingerprint density at radius 3 is 2.94 bits per heavy atom. The van der Waals surface area contributed by atoms with Gasteiger partial charge in [0.25, 0.3) is 0 Å². The van der Waals surface area contributed by atoms with Crippen LogP contribution in [0.15, 0.2) is 23.4 Å². The molecule has 16 heavy (non-hydrogen) atoms. The van der Waals surface area contributed by atoms with Crippen LogP contribution in [0, 0.1) is 6.92 Å². The molecular weight excluding hydrogens is 226 g/mol. The lowest BCUT2D eigenvalue weighted by molar-refractivity contribution is 0.316. The van der Waals surface area contributed by atoms with E-state index in [0.717, 1.165) is 24.2 Å². The molecule has 0 aliphatic rings. The number of oxime groups is 1. The minimum absolute atomic E-state index is 0.248. The zero-order valence-corrected chi connectivity index (χ0v) is 9.96. The van der Waals surface area contributed by atoms with Crippen molar-refractivity contribution >= 4 is 23.1 Å². The number of nitrogens with two attached hydrogens (primary N) is 1. The number of nitrogens with zero attached hydrogens (tertiary/aromatic N) is 1. The Morgan fingerprint density at radius 1 is 1.56 bits per heavy atom. The van der Waals surface area contributed by atoms with Gasteiger partial charge in [0.1, 0.15) is 5.84 Å². The lowest BCUT2D eigenvalue weighted by Gasteiger charge is -2.10. The molecule has 4 N–H and O–H groups in total. The van der Waals surface area contributed by atoms with E-state index in [1.807, 2.05) is 25.1 Å². The number of hydrogen-bond donors (Lipinski definition) is 3. The molecule has 1 aromatic carbocycles. The number of anilines is 1. The summed E-state index contributed by atoms with van der Waals surface area (Å²) in [7, 11) is 0. The van der Waals surface area contributed by atoms with E-state index in [4.69, 9.17) is 22.5 Å². The molecule has 0 saturated carbocycles. The molecule has 0 aliphatic carbocycles. The molecule has 0 spiro atoms.